The van der Waals surface area contributed by atoms with Crippen molar-refractivity contribution in [2.24, 2.45) is 0 Å². The Kier molecular flexibility index (Phi) is 2.95. The molecule has 1 aromatic heterocycles. The maximum absolute atomic E-state index is 4.29. The highest BCUT2D eigenvalue weighted by Crippen LogP contribution is 2.19. The van der Waals surface area contributed by atoms with Crippen LogP contribution in [-0.4, -0.2) is 16.0 Å². The molecule has 0 spiro atoms. The maximum Gasteiger partial charge on any atom is 0.200 e. The summed E-state index contributed by atoms with van der Waals surface area (Å²) in [5.41, 5.74) is 3.47. The van der Waals surface area contributed by atoms with Crippen LogP contribution in [0.3, 0.4) is 0 Å². The highest BCUT2D eigenvalue weighted by atomic mass is 15.1. The number of aromatic nitrogens is 2. The van der Waals surface area contributed by atoms with Crippen LogP contribution in [0, 0.1) is 6.92 Å². The lowest BCUT2D eigenvalue weighted by molar-refractivity contribution is 0.882. The molecule has 2 N–H and O–H groups in total. The predicted octanol–water partition coefficient (Wildman–Crippen LogP) is 3.21. The van der Waals surface area contributed by atoms with Gasteiger partial charge in [-0.1, -0.05) is 29.8 Å². The number of anilines is 1. The molecule has 0 atom stereocenters. The zero-order valence-corrected chi connectivity index (χ0v) is 9.91. The molecule has 0 saturated heterocycles. The Morgan fingerprint density at radius 3 is 2.50 bits per heavy atom. The highest BCUT2D eigenvalue weighted by molar-refractivity contribution is 5.60. The number of nitrogens with zero attached hydrogens (tertiary/aromatic N) is 1. The van der Waals surface area contributed by atoms with Gasteiger partial charge in [-0.05, 0) is 26.3 Å². The standard InChI is InChI=1S/C13H17N3/c1-9(2)15-13-14-8-12(16-13)11-6-4-10(3)5-7-11/h4-9H,1-3H3,(H2,14,15,16). The number of hydrogen-bond donors (Lipinski definition) is 2. The monoisotopic (exact) mass is 215 g/mol. The minimum absolute atomic E-state index is 0.386. The van der Waals surface area contributed by atoms with Gasteiger partial charge in [-0.25, -0.2) is 4.98 Å². The van der Waals surface area contributed by atoms with Crippen molar-refractivity contribution < 1.29 is 0 Å². The molecule has 0 radical (unpaired) electrons. The molecule has 0 aliphatic heterocycles. The summed E-state index contributed by atoms with van der Waals surface area (Å²) in [7, 11) is 0. The van der Waals surface area contributed by atoms with E-state index in [4.69, 9.17) is 0 Å². The van der Waals surface area contributed by atoms with Crippen molar-refractivity contribution in [2.75, 3.05) is 5.32 Å². The summed E-state index contributed by atoms with van der Waals surface area (Å²) in [6.07, 6.45) is 1.86. The number of hydrogen-bond acceptors (Lipinski definition) is 2. The van der Waals surface area contributed by atoms with Crippen LogP contribution in [0.4, 0.5) is 5.95 Å². The van der Waals surface area contributed by atoms with Gasteiger partial charge in [0.15, 0.2) is 0 Å². The first-order valence-corrected chi connectivity index (χ1v) is 5.54. The van der Waals surface area contributed by atoms with E-state index >= 15 is 0 Å². The second-order valence-electron chi connectivity index (χ2n) is 4.31. The molecule has 0 saturated carbocycles. The van der Waals surface area contributed by atoms with Gasteiger partial charge in [0.1, 0.15) is 0 Å². The molecule has 0 aliphatic carbocycles. The topological polar surface area (TPSA) is 40.7 Å². The van der Waals surface area contributed by atoms with Gasteiger partial charge in [-0.3, -0.25) is 0 Å². The van der Waals surface area contributed by atoms with Crippen molar-refractivity contribution in [3.8, 4) is 11.3 Å². The van der Waals surface area contributed by atoms with E-state index in [1.165, 1.54) is 5.56 Å². The molecule has 0 amide bonds. The van der Waals surface area contributed by atoms with E-state index < -0.39 is 0 Å². The van der Waals surface area contributed by atoms with Crippen LogP contribution < -0.4 is 5.32 Å². The van der Waals surface area contributed by atoms with Gasteiger partial charge in [-0.2, -0.15) is 0 Å². The molecule has 3 nitrogen and oxygen atoms in total. The van der Waals surface area contributed by atoms with Gasteiger partial charge in [0, 0.05) is 6.04 Å². The van der Waals surface area contributed by atoms with E-state index in [1.54, 1.807) is 0 Å². The van der Waals surface area contributed by atoms with Gasteiger partial charge < -0.3 is 10.3 Å². The number of aryl methyl sites for hydroxylation is 1. The van der Waals surface area contributed by atoms with E-state index in [0.29, 0.717) is 6.04 Å². The summed E-state index contributed by atoms with van der Waals surface area (Å²) in [4.78, 5) is 7.55. The summed E-state index contributed by atoms with van der Waals surface area (Å²) in [5.74, 6) is 0.825. The molecule has 0 aliphatic rings. The minimum Gasteiger partial charge on any atom is -0.354 e. The Hall–Kier alpha value is -1.77. The number of nitrogens with one attached hydrogen (secondary N) is 2. The number of benzene rings is 1. The number of aromatic amines is 1. The Labute approximate surface area is 95.9 Å². The average molecular weight is 215 g/mol. The first-order valence-electron chi connectivity index (χ1n) is 5.54. The lowest BCUT2D eigenvalue weighted by Crippen LogP contribution is -2.10. The summed E-state index contributed by atoms with van der Waals surface area (Å²) < 4.78 is 0. The van der Waals surface area contributed by atoms with Crippen molar-refractivity contribution in [3.05, 3.63) is 36.0 Å². The Morgan fingerprint density at radius 2 is 1.88 bits per heavy atom. The maximum atomic E-state index is 4.29. The van der Waals surface area contributed by atoms with E-state index in [-0.39, 0.29) is 0 Å². The van der Waals surface area contributed by atoms with Crippen LogP contribution >= 0.6 is 0 Å². The Morgan fingerprint density at radius 1 is 1.19 bits per heavy atom. The summed E-state index contributed by atoms with van der Waals surface area (Å²) in [5, 5.41) is 3.24. The van der Waals surface area contributed by atoms with Gasteiger partial charge in [0.2, 0.25) is 5.95 Å². The second kappa shape index (κ2) is 4.39. The molecule has 3 heteroatoms. The fourth-order valence-corrected chi connectivity index (χ4v) is 1.55. The van der Waals surface area contributed by atoms with Gasteiger partial charge in [0.25, 0.3) is 0 Å². The molecule has 2 rings (SSSR count). The third-order valence-electron chi connectivity index (χ3n) is 2.36. The lowest BCUT2D eigenvalue weighted by Gasteiger charge is -2.05. The number of imidazole rings is 1. The minimum atomic E-state index is 0.386. The van der Waals surface area contributed by atoms with Crippen LogP contribution in [0.5, 0.6) is 0 Å². The Balaban J connectivity index is 2.21. The summed E-state index contributed by atoms with van der Waals surface area (Å²) in [6, 6.07) is 8.79. The predicted molar refractivity (Wildman–Crippen MR) is 67.5 cm³/mol. The van der Waals surface area contributed by atoms with Crippen LogP contribution in [0.15, 0.2) is 30.5 Å². The number of H-pyrrole nitrogens is 1. The fraction of sp³-hybridized carbons (Fsp3) is 0.308. The normalized spacial score (nSPS) is 10.8. The second-order valence-corrected chi connectivity index (χ2v) is 4.31. The van der Waals surface area contributed by atoms with Gasteiger partial charge in [0.05, 0.1) is 11.9 Å². The summed E-state index contributed by atoms with van der Waals surface area (Å²) >= 11 is 0. The quantitative estimate of drug-likeness (QED) is 0.825. The van der Waals surface area contributed by atoms with Crippen molar-refractivity contribution in [3.63, 3.8) is 0 Å². The van der Waals surface area contributed by atoms with E-state index in [2.05, 4.69) is 60.3 Å². The first-order chi connectivity index (χ1) is 7.65. The van der Waals surface area contributed by atoms with E-state index in [9.17, 15) is 0 Å². The molecule has 2 aromatic rings. The van der Waals surface area contributed by atoms with Crippen LogP contribution in [0.1, 0.15) is 19.4 Å². The third kappa shape index (κ3) is 2.42. The zero-order chi connectivity index (χ0) is 11.5. The van der Waals surface area contributed by atoms with Gasteiger partial charge in [-0.15, -0.1) is 0 Å². The van der Waals surface area contributed by atoms with Crippen molar-refractivity contribution >= 4 is 5.95 Å². The van der Waals surface area contributed by atoms with Crippen LogP contribution in [0.25, 0.3) is 11.3 Å². The SMILES string of the molecule is Cc1ccc(-c2cnc(NC(C)C)[nH]2)cc1. The largest absolute Gasteiger partial charge is 0.354 e. The molecule has 0 bridgehead atoms. The van der Waals surface area contributed by atoms with E-state index in [1.807, 2.05) is 6.20 Å². The molecule has 1 heterocycles. The third-order valence-corrected chi connectivity index (χ3v) is 2.36. The molecule has 1 aromatic carbocycles. The van der Waals surface area contributed by atoms with Crippen LogP contribution in [-0.2, 0) is 0 Å². The molecule has 16 heavy (non-hydrogen) atoms. The molecular weight excluding hydrogens is 198 g/mol. The smallest absolute Gasteiger partial charge is 0.200 e. The fourth-order valence-electron chi connectivity index (χ4n) is 1.55. The molecular formula is C13H17N3. The molecule has 0 unspecified atom stereocenters. The van der Waals surface area contributed by atoms with Crippen molar-refractivity contribution in [1.82, 2.24) is 9.97 Å². The lowest BCUT2D eigenvalue weighted by atomic mass is 10.1. The highest BCUT2D eigenvalue weighted by Gasteiger charge is 2.03. The number of rotatable bonds is 3. The van der Waals surface area contributed by atoms with Crippen LogP contribution in [0.2, 0.25) is 0 Å². The van der Waals surface area contributed by atoms with Crippen molar-refractivity contribution in [2.45, 2.75) is 26.8 Å². The van der Waals surface area contributed by atoms with Gasteiger partial charge >= 0.3 is 0 Å². The Bertz CT molecular complexity index is 454. The molecule has 84 valence electrons. The van der Waals surface area contributed by atoms with E-state index in [0.717, 1.165) is 17.2 Å². The van der Waals surface area contributed by atoms with Crippen molar-refractivity contribution in [1.29, 1.82) is 0 Å². The first kappa shape index (κ1) is 10.7. The summed E-state index contributed by atoms with van der Waals surface area (Å²) in [6.45, 7) is 6.27. The molecule has 0 fully saturated rings. The zero-order valence-electron chi connectivity index (χ0n) is 9.91. The average Bonchev–Trinajstić information content (AvgIpc) is 2.66.